The molecule has 128 valence electrons. The molecule has 2 nitrogen and oxygen atoms in total. The Morgan fingerprint density at radius 1 is 0.958 bits per heavy atom. The SMILES string of the molecule is CCC(C)c1ccc(C(CC)NC(=S)Nc2ccccc2C)cc1. The second kappa shape index (κ2) is 8.84. The number of rotatable bonds is 6. The molecule has 0 fully saturated rings. The molecule has 2 aromatic rings. The van der Waals surface area contributed by atoms with Crippen molar-refractivity contribution < 1.29 is 0 Å². The predicted octanol–water partition coefficient (Wildman–Crippen LogP) is 5.95. The minimum Gasteiger partial charge on any atom is -0.356 e. The van der Waals surface area contributed by atoms with Gasteiger partial charge in [-0.2, -0.15) is 0 Å². The summed E-state index contributed by atoms with van der Waals surface area (Å²) in [5.74, 6) is 0.607. The predicted molar refractivity (Wildman–Crippen MR) is 109 cm³/mol. The minimum absolute atomic E-state index is 0.222. The summed E-state index contributed by atoms with van der Waals surface area (Å²) < 4.78 is 0. The van der Waals surface area contributed by atoms with E-state index in [9.17, 15) is 0 Å². The van der Waals surface area contributed by atoms with E-state index in [4.69, 9.17) is 12.2 Å². The lowest BCUT2D eigenvalue weighted by molar-refractivity contribution is 0.628. The third-order valence-electron chi connectivity index (χ3n) is 4.63. The molecule has 2 N–H and O–H groups in total. The minimum atomic E-state index is 0.222. The van der Waals surface area contributed by atoms with Gasteiger partial charge in [-0.3, -0.25) is 0 Å². The number of anilines is 1. The molecule has 0 aliphatic carbocycles. The Bertz CT molecular complexity index is 664. The van der Waals surface area contributed by atoms with E-state index in [1.54, 1.807) is 0 Å². The van der Waals surface area contributed by atoms with Gasteiger partial charge in [0.1, 0.15) is 0 Å². The molecule has 0 aliphatic rings. The fraction of sp³-hybridized carbons (Fsp3) is 0.381. The van der Waals surface area contributed by atoms with Crippen molar-refractivity contribution in [3.05, 3.63) is 65.2 Å². The Morgan fingerprint density at radius 3 is 2.17 bits per heavy atom. The molecule has 2 aromatic carbocycles. The topological polar surface area (TPSA) is 24.1 Å². The van der Waals surface area contributed by atoms with Gasteiger partial charge in [-0.05, 0) is 60.7 Å². The van der Waals surface area contributed by atoms with Crippen molar-refractivity contribution in [2.45, 2.75) is 52.5 Å². The van der Waals surface area contributed by atoms with Crippen LogP contribution in [0.5, 0.6) is 0 Å². The number of para-hydroxylation sites is 1. The second-order valence-corrected chi connectivity index (χ2v) is 6.76. The molecule has 24 heavy (non-hydrogen) atoms. The summed E-state index contributed by atoms with van der Waals surface area (Å²) in [6.45, 7) is 8.75. The Hall–Kier alpha value is -1.87. The molecule has 0 saturated carbocycles. The first-order valence-corrected chi connectivity index (χ1v) is 9.19. The quantitative estimate of drug-likeness (QED) is 0.636. The van der Waals surface area contributed by atoms with Crippen LogP contribution >= 0.6 is 12.2 Å². The van der Waals surface area contributed by atoms with Crippen molar-refractivity contribution in [3.8, 4) is 0 Å². The van der Waals surface area contributed by atoms with Gasteiger partial charge < -0.3 is 10.6 Å². The summed E-state index contributed by atoms with van der Waals surface area (Å²) in [5.41, 5.74) is 4.92. The number of hydrogen-bond acceptors (Lipinski definition) is 1. The Balaban J connectivity index is 2.03. The summed E-state index contributed by atoms with van der Waals surface area (Å²) in [6.07, 6.45) is 2.15. The van der Waals surface area contributed by atoms with Crippen LogP contribution in [-0.4, -0.2) is 5.11 Å². The van der Waals surface area contributed by atoms with Crippen molar-refractivity contribution in [2.75, 3.05) is 5.32 Å². The molecular weight excluding hydrogens is 312 g/mol. The van der Waals surface area contributed by atoms with Crippen molar-refractivity contribution in [3.63, 3.8) is 0 Å². The highest BCUT2D eigenvalue weighted by molar-refractivity contribution is 7.80. The van der Waals surface area contributed by atoms with Gasteiger partial charge in [0.05, 0.1) is 6.04 Å². The molecule has 0 radical (unpaired) electrons. The number of nitrogens with one attached hydrogen (secondary N) is 2. The summed E-state index contributed by atoms with van der Waals surface area (Å²) >= 11 is 5.50. The van der Waals surface area contributed by atoms with E-state index in [2.05, 4.69) is 68.7 Å². The van der Waals surface area contributed by atoms with E-state index in [1.165, 1.54) is 23.1 Å². The number of benzene rings is 2. The van der Waals surface area contributed by atoms with Crippen LogP contribution in [-0.2, 0) is 0 Å². The van der Waals surface area contributed by atoms with Gasteiger partial charge in [0.15, 0.2) is 5.11 Å². The highest BCUT2D eigenvalue weighted by Crippen LogP contribution is 2.23. The monoisotopic (exact) mass is 340 g/mol. The molecule has 3 heteroatoms. The van der Waals surface area contributed by atoms with Crippen LogP contribution in [0.3, 0.4) is 0 Å². The Morgan fingerprint density at radius 2 is 1.58 bits per heavy atom. The summed E-state index contributed by atoms with van der Waals surface area (Å²) in [7, 11) is 0. The summed E-state index contributed by atoms with van der Waals surface area (Å²) in [4.78, 5) is 0. The molecule has 0 aliphatic heterocycles. The van der Waals surface area contributed by atoms with E-state index in [1.807, 2.05) is 18.2 Å². The standard InChI is InChI=1S/C21H28N2S/c1-5-15(3)17-11-13-18(14-12-17)19(6-2)22-21(24)23-20-10-8-7-9-16(20)4/h7-15,19H,5-6H2,1-4H3,(H2,22,23,24). The lowest BCUT2D eigenvalue weighted by atomic mass is 9.95. The van der Waals surface area contributed by atoms with Crippen LogP contribution in [0.4, 0.5) is 5.69 Å². The van der Waals surface area contributed by atoms with Crippen molar-refractivity contribution in [2.24, 2.45) is 0 Å². The third-order valence-corrected chi connectivity index (χ3v) is 4.85. The molecule has 0 saturated heterocycles. The van der Waals surface area contributed by atoms with Gasteiger partial charge in [0.25, 0.3) is 0 Å². The van der Waals surface area contributed by atoms with Gasteiger partial charge in [-0.15, -0.1) is 0 Å². The first-order chi connectivity index (χ1) is 11.5. The van der Waals surface area contributed by atoms with E-state index < -0.39 is 0 Å². The number of aryl methyl sites for hydroxylation is 1. The van der Waals surface area contributed by atoms with Gasteiger partial charge >= 0.3 is 0 Å². The van der Waals surface area contributed by atoms with Crippen LogP contribution in [0.25, 0.3) is 0 Å². The molecule has 2 unspecified atom stereocenters. The summed E-state index contributed by atoms with van der Waals surface area (Å²) in [6, 6.07) is 17.3. The van der Waals surface area contributed by atoms with Crippen molar-refractivity contribution >= 4 is 23.0 Å². The maximum Gasteiger partial charge on any atom is 0.171 e. The highest BCUT2D eigenvalue weighted by Gasteiger charge is 2.12. The maximum absolute atomic E-state index is 5.50. The van der Waals surface area contributed by atoms with Crippen LogP contribution < -0.4 is 10.6 Å². The molecule has 0 aromatic heterocycles. The summed E-state index contributed by atoms with van der Waals surface area (Å²) in [5, 5.41) is 7.41. The normalized spacial score (nSPS) is 13.2. The Kier molecular flexibility index (Phi) is 6.80. The molecule has 2 rings (SSSR count). The maximum atomic E-state index is 5.50. The highest BCUT2D eigenvalue weighted by atomic mass is 32.1. The van der Waals surface area contributed by atoms with Gasteiger partial charge in [0, 0.05) is 5.69 Å². The van der Waals surface area contributed by atoms with E-state index in [-0.39, 0.29) is 6.04 Å². The van der Waals surface area contributed by atoms with Gasteiger partial charge in [0.2, 0.25) is 0 Å². The second-order valence-electron chi connectivity index (χ2n) is 6.35. The van der Waals surface area contributed by atoms with E-state index in [0.29, 0.717) is 11.0 Å². The van der Waals surface area contributed by atoms with Gasteiger partial charge in [-0.1, -0.05) is 63.2 Å². The zero-order chi connectivity index (χ0) is 17.5. The zero-order valence-electron chi connectivity index (χ0n) is 15.1. The molecule has 0 bridgehead atoms. The molecule has 0 heterocycles. The van der Waals surface area contributed by atoms with Crippen LogP contribution in [0.2, 0.25) is 0 Å². The van der Waals surface area contributed by atoms with E-state index in [0.717, 1.165) is 12.1 Å². The molecule has 0 amide bonds. The Labute approximate surface area is 151 Å². The number of hydrogen-bond donors (Lipinski definition) is 2. The lowest BCUT2D eigenvalue weighted by Crippen LogP contribution is -2.32. The van der Waals surface area contributed by atoms with Crippen LogP contribution in [0, 0.1) is 6.92 Å². The molecule has 0 spiro atoms. The smallest absolute Gasteiger partial charge is 0.171 e. The fourth-order valence-electron chi connectivity index (χ4n) is 2.74. The largest absolute Gasteiger partial charge is 0.356 e. The third kappa shape index (κ3) is 4.81. The van der Waals surface area contributed by atoms with Crippen LogP contribution in [0.15, 0.2) is 48.5 Å². The first kappa shape index (κ1) is 18.5. The lowest BCUT2D eigenvalue weighted by Gasteiger charge is -2.21. The average Bonchev–Trinajstić information content (AvgIpc) is 2.61. The zero-order valence-corrected chi connectivity index (χ0v) is 15.9. The van der Waals surface area contributed by atoms with E-state index >= 15 is 0 Å². The fourth-order valence-corrected chi connectivity index (χ4v) is 3.00. The average molecular weight is 341 g/mol. The van der Waals surface area contributed by atoms with Gasteiger partial charge in [-0.25, -0.2) is 0 Å². The molecule has 2 atom stereocenters. The molecular formula is C21H28N2S. The number of thiocarbonyl (C=S) groups is 1. The van der Waals surface area contributed by atoms with Crippen molar-refractivity contribution in [1.82, 2.24) is 5.32 Å². The van der Waals surface area contributed by atoms with Crippen molar-refractivity contribution in [1.29, 1.82) is 0 Å². The van der Waals surface area contributed by atoms with Crippen LogP contribution in [0.1, 0.15) is 62.3 Å². The first-order valence-electron chi connectivity index (χ1n) is 8.78.